The molecule has 8 nitrogen and oxygen atoms in total. The van der Waals surface area contributed by atoms with Crippen molar-refractivity contribution in [3.05, 3.63) is 23.8 Å². The predicted octanol–water partition coefficient (Wildman–Crippen LogP) is 0.233. The SMILES string of the molecule is COC(=O)C(C)NS(=O)(=O)c1ccc(OC)c(C(=O)O)c1. The molecule has 0 heterocycles. The smallest absolute Gasteiger partial charge is 0.339 e. The number of carboxylic acid groups (broad SMARTS) is 1. The first-order chi connectivity index (χ1) is 9.72. The van der Waals surface area contributed by atoms with E-state index in [9.17, 15) is 18.0 Å². The van der Waals surface area contributed by atoms with Crippen molar-refractivity contribution in [3.8, 4) is 5.75 Å². The monoisotopic (exact) mass is 317 g/mol. The molecule has 21 heavy (non-hydrogen) atoms. The fourth-order valence-electron chi connectivity index (χ4n) is 1.55. The van der Waals surface area contributed by atoms with E-state index in [1.807, 2.05) is 0 Å². The third-order valence-corrected chi connectivity index (χ3v) is 4.14. The number of hydrogen-bond acceptors (Lipinski definition) is 6. The van der Waals surface area contributed by atoms with E-state index in [0.29, 0.717) is 0 Å². The molecule has 116 valence electrons. The number of carbonyl (C=O) groups is 2. The van der Waals surface area contributed by atoms with Crippen molar-refractivity contribution in [1.29, 1.82) is 0 Å². The molecule has 2 N–H and O–H groups in total. The molecule has 0 aliphatic carbocycles. The lowest BCUT2D eigenvalue weighted by Crippen LogP contribution is -2.39. The number of carboxylic acids is 1. The molecular weight excluding hydrogens is 302 g/mol. The maximum Gasteiger partial charge on any atom is 0.339 e. The minimum Gasteiger partial charge on any atom is -0.496 e. The van der Waals surface area contributed by atoms with Crippen LogP contribution in [-0.2, 0) is 19.6 Å². The summed E-state index contributed by atoms with van der Waals surface area (Å²) in [5.74, 6) is -2.06. The molecule has 0 bridgehead atoms. The van der Waals surface area contributed by atoms with Gasteiger partial charge in [0.2, 0.25) is 10.0 Å². The highest BCUT2D eigenvalue weighted by molar-refractivity contribution is 7.89. The summed E-state index contributed by atoms with van der Waals surface area (Å²) < 4.78 is 35.5. The molecule has 0 amide bonds. The molecule has 0 radical (unpaired) electrons. The molecule has 0 saturated heterocycles. The zero-order valence-corrected chi connectivity index (χ0v) is 12.4. The van der Waals surface area contributed by atoms with Gasteiger partial charge in [0.1, 0.15) is 17.4 Å². The highest BCUT2D eigenvalue weighted by Gasteiger charge is 2.24. The van der Waals surface area contributed by atoms with Gasteiger partial charge >= 0.3 is 11.9 Å². The van der Waals surface area contributed by atoms with Crippen LogP contribution in [0.2, 0.25) is 0 Å². The molecule has 0 fully saturated rings. The molecule has 1 rings (SSSR count). The van der Waals surface area contributed by atoms with E-state index in [2.05, 4.69) is 9.46 Å². The van der Waals surface area contributed by atoms with Gasteiger partial charge in [-0.1, -0.05) is 0 Å². The summed E-state index contributed by atoms with van der Waals surface area (Å²) in [4.78, 5) is 22.0. The van der Waals surface area contributed by atoms with E-state index in [1.165, 1.54) is 26.2 Å². The second kappa shape index (κ2) is 6.55. The second-order valence-electron chi connectivity index (χ2n) is 4.03. The van der Waals surface area contributed by atoms with Crippen LogP contribution in [-0.4, -0.2) is 45.7 Å². The third-order valence-electron chi connectivity index (χ3n) is 2.60. The number of rotatable bonds is 6. The summed E-state index contributed by atoms with van der Waals surface area (Å²) in [7, 11) is -1.67. The van der Waals surface area contributed by atoms with Crippen LogP contribution in [0.5, 0.6) is 5.75 Å². The van der Waals surface area contributed by atoms with Crippen LogP contribution < -0.4 is 9.46 Å². The van der Waals surface area contributed by atoms with Crippen molar-refractivity contribution >= 4 is 22.0 Å². The summed E-state index contributed by atoms with van der Waals surface area (Å²) in [6.07, 6.45) is 0. The number of methoxy groups -OCH3 is 2. The van der Waals surface area contributed by atoms with Crippen LogP contribution in [0.3, 0.4) is 0 Å². The Bertz CT molecular complexity index is 654. The Kier molecular flexibility index (Phi) is 5.28. The lowest BCUT2D eigenvalue weighted by Gasteiger charge is -2.13. The molecule has 1 aromatic carbocycles. The quantitative estimate of drug-likeness (QED) is 0.721. The molecule has 1 atom stereocenters. The zero-order valence-electron chi connectivity index (χ0n) is 11.6. The van der Waals surface area contributed by atoms with Crippen molar-refractivity contribution < 1.29 is 32.6 Å². The van der Waals surface area contributed by atoms with E-state index < -0.39 is 28.0 Å². The average Bonchev–Trinajstić information content (AvgIpc) is 2.44. The fourth-order valence-corrected chi connectivity index (χ4v) is 2.76. The maximum atomic E-state index is 12.1. The van der Waals surface area contributed by atoms with Gasteiger partial charge in [0, 0.05) is 0 Å². The third kappa shape index (κ3) is 3.92. The van der Waals surface area contributed by atoms with E-state index >= 15 is 0 Å². The fraction of sp³-hybridized carbons (Fsp3) is 0.333. The molecule has 0 spiro atoms. The van der Waals surface area contributed by atoms with Gasteiger partial charge in [-0.05, 0) is 25.1 Å². The lowest BCUT2D eigenvalue weighted by atomic mass is 10.2. The van der Waals surface area contributed by atoms with Crippen molar-refractivity contribution in [1.82, 2.24) is 4.72 Å². The van der Waals surface area contributed by atoms with Gasteiger partial charge in [0.15, 0.2) is 0 Å². The molecule has 9 heteroatoms. The topological polar surface area (TPSA) is 119 Å². The van der Waals surface area contributed by atoms with Gasteiger partial charge in [0.05, 0.1) is 19.1 Å². The number of benzene rings is 1. The van der Waals surface area contributed by atoms with Crippen molar-refractivity contribution in [2.75, 3.05) is 14.2 Å². The summed E-state index contributed by atoms with van der Waals surface area (Å²) in [6, 6.07) is 2.25. The standard InChI is InChI=1S/C12H15NO7S/c1-7(12(16)20-3)13-21(17,18)8-4-5-10(19-2)9(6-8)11(14)15/h4-7,13H,1-3H3,(H,14,15). The summed E-state index contributed by atoms with van der Waals surface area (Å²) in [6.45, 7) is 1.31. The Hall–Kier alpha value is -2.13. The molecule has 1 aromatic rings. The van der Waals surface area contributed by atoms with Crippen molar-refractivity contribution in [3.63, 3.8) is 0 Å². The van der Waals surface area contributed by atoms with E-state index in [4.69, 9.17) is 9.84 Å². The Morgan fingerprint density at radius 2 is 1.90 bits per heavy atom. The second-order valence-corrected chi connectivity index (χ2v) is 5.75. The highest BCUT2D eigenvalue weighted by Crippen LogP contribution is 2.22. The molecule has 0 aliphatic rings. The lowest BCUT2D eigenvalue weighted by molar-refractivity contribution is -0.142. The number of sulfonamides is 1. The van der Waals surface area contributed by atoms with Crippen molar-refractivity contribution in [2.24, 2.45) is 0 Å². The highest BCUT2D eigenvalue weighted by atomic mass is 32.2. The number of nitrogens with one attached hydrogen (secondary N) is 1. The van der Waals surface area contributed by atoms with Gasteiger partial charge < -0.3 is 14.6 Å². The van der Waals surface area contributed by atoms with Crippen LogP contribution in [0.25, 0.3) is 0 Å². The summed E-state index contributed by atoms with van der Waals surface area (Å²) in [5, 5.41) is 9.03. The number of carbonyl (C=O) groups excluding carboxylic acids is 1. The minimum absolute atomic E-state index is 0.0301. The van der Waals surface area contributed by atoms with E-state index in [-0.39, 0.29) is 16.2 Å². The largest absolute Gasteiger partial charge is 0.496 e. The molecule has 0 aliphatic heterocycles. The first kappa shape index (κ1) is 16.9. The molecule has 0 aromatic heterocycles. The first-order valence-electron chi connectivity index (χ1n) is 5.74. The van der Waals surface area contributed by atoms with Crippen LogP contribution in [0.4, 0.5) is 0 Å². The van der Waals surface area contributed by atoms with Crippen LogP contribution in [0, 0.1) is 0 Å². The zero-order chi connectivity index (χ0) is 16.2. The summed E-state index contributed by atoms with van der Waals surface area (Å²) in [5.41, 5.74) is -0.300. The van der Waals surface area contributed by atoms with Crippen molar-refractivity contribution in [2.45, 2.75) is 17.9 Å². The van der Waals surface area contributed by atoms with Gasteiger partial charge in [-0.25, -0.2) is 13.2 Å². The molecule has 0 saturated carbocycles. The van der Waals surface area contributed by atoms with E-state index in [1.54, 1.807) is 0 Å². The molecule has 1 unspecified atom stereocenters. The van der Waals surface area contributed by atoms with Crippen LogP contribution >= 0.6 is 0 Å². The Morgan fingerprint density at radius 3 is 2.38 bits per heavy atom. The number of ether oxygens (including phenoxy) is 2. The predicted molar refractivity (Wildman–Crippen MR) is 71.8 cm³/mol. The normalized spacial score (nSPS) is 12.5. The Balaban J connectivity index is 3.18. The van der Waals surface area contributed by atoms with Gasteiger partial charge in [-0.2, -0.15) is 4.72 Å². The number of aromatic carboxylic acids is 1. The first-order valence-corrected chi connectivity index (χ1v) is 7.22. The number of esters is 1. The Morgan fingerprint density at radius 1 is 1.29 bits per heavy atom. The van der Waals surface area contributed by atoms with E-state index in [0.717, 1.165) is 13.2 Å². The van der Waals surface area contributed by atoms with Crippen LogP contribution in [0.15, 0.2) is 23.1 Å². The minimum atomic E-state index is -4.07. The van der Waals surface area contributed by atoms with Gasteiger partial charge in [-0.3, -0.25) is 4.79 Å². The summed E-state index contributed by atoms with van der Waals surface area (Å²) >= 11 is 0. The maximum absolute atomic E-state index is 12.1. The average molecular weight is 317 g/mol. The van der Waals surface area contributed by atoms with Gasteiger partial charge in [0.25, 0.3) is 0 Å². The van der Waals surface area contributed by atoms with Crippen LogP contribution in [0.1, 0.15) is 17.3 Å². The molecular formula is C12H15NO7S. The van der Waals surface area contributed by atoms with Gasteiger partial charge in [-0.15, -0.1) is 0 Å². The Labute approximate surface area is 121 Å². The number of hydrogen-bond donors (Lipinski definition) is 2.